The molecule has 3 fully saturated rings. The van der Waals surface area contributed by atoms with E-state index >= 15 is 4.39 Å². The number of hydrogen-bond donors (Lipinski definition) is 1. The van der Waals surface area contributed by atoms with Gasteiger partial charge in [-0.2, -0.15) is 0 Å². The Morgan fingerprint density at radius 2 is 1.85 bits per heavy atom. The van der Waals surface area contributed by atoms with Crippen LogP contribution in [0.3, 0.4) is 0 Å². The van der Waals surface area contributed by atoms with E-state index in [9.17, 15) is 14.4 Å². The van der Waals surface area contributed by atoms with Gasteiger partial charge in [0.25, 0.3) is 0 Å². The number of rotatable bonds is 5. The summed E-state index contributed by atoms with van der Waals surface area (Å²) >= 11 is 0. The van der Waals surface area contributed by atoms with Crippen molar-refractivity contribution in [2.24, 2.45) is 5.92 Å². The molecule has 4 atom stereocenters. The Hall–Kier alpha value is -2.98. The van der Waals surface area contributed by atoms with Crippen LogP contribution in [0.25, 0.3) is 6.08 Å². The molecule has 2 bridgehead atoms. The summed E-state index contributed by atoms with van der Waals surface area (Å²) in [4.78, 5) is 43.1. The molecule has 2 heterocycles. The molecule has 0 spiro atoms. The molecule has 1 saturated carbocycles. The summed E-state index contributed by atoms with van der Waals surface area (Å²) in [6.07, 6.45) is 5.33. The molecular formula is C30H40FN3O6. The normalized spacial score (nSPS) is 26.8. The standard InChI is InChI=1S/C30H40FN3O6/c1-30(2,3)40-29(37)34-22-8-7-20(16-22)26(34)27(35)32-24(28(36)38-4)17-19-6-5-18-15-21(9-10-23(18)25(19)31)33-11-13-39-14-12-33/h5-6,17,20-22,26H,7-16H2,1-4H3,(H,32,35). The fourth-order valence-electron chi connectivity index (χ4n) is 6.69. The van der Waals surface area contributed by atoms with Crippen LogP contribution in [0.1, 0.15) is 63.1 Å². The molecule has 2 aliphatic heterocycles. The number of nitrogens with one attached hydrogen (secondary N) is 1. The maximum absolute atomic E-state index is 15.7. The summed E-state index contributed by atoms with van der Waals surface area (Å²) in [5, 5.41) is 2.66. The number of carbonyl (C=O) groups excluding carboxylic acids is 3. The fraction of sp³-hybridized carbons (Fsp3) is 0.633. The average Bonchev–Trinajstić information content (AvgIpc) is 3.55. The first-order chi connectivity index (χ1) is 19.1. The molecule has 1 N–H and O–H groups in total. The number of piperidine rings is 1. The predicted molar refractivity (Wildman–Crippen MR) is 146 cm³/mol. The van der Waals surface area contributed by atoms with Crippen molar-refractivity contribution in [3.63, 3.8) is 0 Å². The first-order valence-electron chi connectivity index (χ1n) is 14.3. The van der Waals surface area contributed by atoms with Gasteiger partial charge in [0, 0.05) is 30.7 Å². The quantitative estimate of drug-likeness (QED) is 0.438. The van der Waals surface area contributed by atoms with E-state index in [-0.39, 0.29) is 29.0 Å². The molecular weight excluding hydrogens is 517 g/mol. The molecule has 5 rings (SSSR count). The van der Waals surface area contributed by atoms with Gasteiger partial charge in [-0.05, 0) is 82.4 Å². The third-order valence-corrected chi connectivity index (χ3v) is 8.54. The van der Waals surface area contributed by atoms with Crippen LogP contribution in [0.4, 0.5) is 9.18 Å². The number of ether oxygens (including phenoxy) is 3. The van der Waals surface area contributed by atoms with Crippen LogP contribution in [-0.4, -0.2) is 84.9 Å². The summed E-state index contributed by atoms with van der Waals surface area (Å²) in [6, 6.07) is 3.06. The van der Waals surface area contributed by atoms with E-state index in [0.717, 1.165) is 57.6 Å². The lowest BCUT2D eigenvalue weighted by molar-refractivity contribution is -0.138. The molecule has 2 aliphatic carbocycles. The van der Waals surface area contributed by atoms with Crippen molar-refractivity contribution in [3.8, 4) is 0 Å². The SMILES string of the molecule is COC(=O)C(=Cc1ccc2c(c1F)CCC(N1CCOCC1)C2)NC(=O)C1C2CCC(C2)N1C(=O)OC(C)(C)C. The second-order valence-corrected chi connectivity index (χ2v) is 12.2. The number of esters is 1. The number of methoxy groups -OCH3 is 1. The molecule has 40 heavy (non-hydrogen) atoms. The van der Waals surface area contributed by atoms with Gasteiger partial charge >= 0.3 is 12.1 Å². The van der Waals surface area contributed by atoms with E-state index < -0.39 is 29.6 Å². The van der Waals surface area contributed by atoms with Crippen molar-refractivity contribution < 1.29 is 33.0 Å². The van der Waals surface area contributed by atoms with Gasteiger partial charge in [0.05, 0.1) is 20.3 Å². The van der Waals surface area contributed by atoms with E-state index in [1.165, 1.54) is 18.1 Å². The van der Waals surface area contributed by atoms with Gasteiger partial charge in [-0.3, -0.25) is 14.6 Å². The number of carbonyl (C=O) groups is 3. The highest BCUT2D eigenvalue weighted by atomic mass is 19.1. The molecule has 2 saturated heterocycles. The smallest absolute Gasteiger partial charge is 0.411 e. The molecule has 4 aliphatic rings. The van der Waals surface area contributed by atoms with E-state index in [4.69, 9.17) is 14.2 Å². The number of morpholine rings is 1. The molecule has 10 heteroatoms. The molecule has 9 nitrogen and oxygen atoms in total. The minimum Gasteiger partial charge on any atom is -0.464 e. The highest BCUT2D eigenvalue weighted by Gasteiger charge is 2.52. The lowest BCUT2D eigenvalue weighted by Gasteiger charge is -2.37. The second-order valence-electron chi connectivity index (χ2n) is 12.2. The number of nitrogens with zero attached hydrogens (tertiary/aromatic N) is 2. The molecule has 1 aromatic rings. The lowest BCUT2D eigenvalue weighted by atomic mass is 9.85. The zero-order valence-corrected chi connectivity index (χ0v) is 23.8. The van der Waals surface area contributed by atoms with E-state index in [0.29, 0.717) is 24.4 Å². The van der Waals surface area contributed by atoms with Gasteiger partial charge in [0.15, 0.2) is 0 Å². The topological polar surface area (TPSA) is 97.4 Å². The minimum absolute atomic E-state index is 0.0312. The Morgan fingerprint density at radius 1 is 1.10 bits per heavy atom. The van der Waals surface area contributed by atoms with Gasteiger partial charge in [-0.15, -0.1) is 0 Å². The Morgan fingerprint density at radius 3 is 2.55 bits per heavy atom. The fourth-order valence-corrected chi connectivity index (χ4v) is 6.69. The van der Waals surface area contributed by atoms with Crippen molar-refractivity contribution in [3.05, 3.63) is 40.3 Å². The highest BCUT2D eigenvalue weighted by molar-refractivity contribution is 6.00. The maximum Gasteiger partial charge on any atom is 0.411 e. The van der Waals surface area contributed by atoms with Crippen molar-refractivity contribution in [2.75, 3.05) is 33.4 Å². The van der Waals surface area contributed by atoms with Crippen LogP contribution in [-0.2, 0) is 36.6 Å². The number of hydrogen-bond acceptors (Lipinski definition) is 7. The second kappa shape index (κ2) is 11.5. The number of amides is 2. The Balaban J connectivity index is 1.35. The molecule has 1 aromatic carbocycles. The molecule has 2 amide bonds. The minimum atomic E-state index is -0.787. The number of benzene rings is 1. The van der Waals surface area contributed by atoms with Crippen molar-refractivity contribution in [2.45, 2.75) is 83.0 Å². The van der Waals surface area contributed by atoms with Gasteiger partial charge in [-0.25, -0.2) is 14.0 Å². The van der Waals surface area contributed by atoms with Crippen LogP contribution in [0.15, 0.2) is 17.8 Å². The van der Waals surface area contributed by atoms with E-state index in [2.05, 4.69) is 10.2 Å². The van der Waals surface area contributed by atoms with Crippen LogP contribution in [0.5, 0.6) is 0 Å². The molecule has 4 unspecified atom stereocenters. The summed E-state index contributed by atoms with van der Waals surface area (Å²) in [7, 11) is 1.21. The third-order valence-electron chi connectivity index (χ3n) is 8.54. The molecule has 218 valence electrons. The molecule has 0 aromatic heterocycles. The summed E-state index contributed by atoms with van der Waals surface area (Å²) in [5.74, 6) is -1.70. The Bertz CT molecular complexity index is 1190. The molecule has 0 radical (unpaired) electrons. The Labute approximate surface area is 235 Å². The Kier molecular flexibility index (Phi) is 8.20. The van der Waals surface area contributed by atoms with Crippen LogP contribution in [0.2, 0.25) is 0 Å². The van der Waals surface area contributed by atoms with E-state index in [1.807, 2.05) is 6.07 Å². The monoisotopic (exact) mass is 557 g/mol. The van der Waals surface area contributed by atoms with Crippen LogP contribution >= 0.6 is 0 Å². The predicted octanol–water partition coefficient (Wildman–Crippen LogP) is 3.43. The van der Waals surface area contributed by atoms with Crippen molar-refractivity contribution >= 4 is 24.0 Å². The average molecular weight is 558 g/mol. The largest absolute Gasteiger partial charge is 0.464 e. The van der Waals surface area contributed by atoms with Gasteiger partial charge < -0.3 is 19.5 Å². The number of likely N-dealkylation sites (tertiary alicyclic amines) is 1. The lowest BCUT2D eigenvalue weighted by Crippen LogP contribution is -2.54. The van der Waals surface area contributed by atoms with Crippen molar-refractivity contribution in [1.82, 2.24) is 15.1 Å². The zero-order valence-electron chi connectivity index (χ0n) is 23.8. The van der Waals surface area contributed by atoms with Crippen molar-refractivity contribution in [1.29, 1.82) is 0 Å². The summed E-state index contributed by atoms with van der Waals surface area (Å²) in [6.45, 7) is 8.56. The highest BCUT2D eigenvalue weighted by Crippen LogP contribution is 2.43. The van der Waals surface area contributed by atoms with Gasteiger partial charge in [0.2, 0.25) is 5.91 Å². The van der Waals surface area contributed by atoms with E-state index in [1.54, 1.807) is 26.8 Å². The maximum atomic E-state index is 15.7. The van der Waals surface area contributed by atoms with Crippen LogP contribution in [0, 0.1) is 11.7 Å². The summed E-state index contributed by atoms with van der Waals surface area (Å²) < 4.78 is 31.7. The third kappa shape index (κ3) is 5.88. The van der Waals surface area contributed by atoms with Crippen LogP contribution < -0.4 is 5.32 Å². The van der Waals surface area contributed by atoms with Gasteiger partial charge in [0.1, 0.15) is 23.2 Å². The first-order valence-corrected chi connectivity index (χ1v) is 14.3. The number of halogens is 1. The number of fused-ring (bicyclic) bond motifs is 3. The summed E-state index contributed by atoms with van der Waals surface area (Å²) in [5.41, 5.74) is 0.957. The first kappa shape index (κ1) is 28.5. The van der Waals surface area contributed by atoms with Gasteiger partial charge in [-0.1, -0.05) is 12.1 Å². The zero-order chi connectivity index (χ0) is 28.6.